The molecule has 0 radical (unpaired) electrons. The number of carbonyl (C=O) groups excluding carboxylic acids is 1. The predicted octanol–water partition coefficient (Wildman–Crippen LogP) is 3.75. The Bertz CT molecular complexity index is 515. The van der Waals surface area contributed by atoms with Crippen LogP contribution in [0, 0.1) is 0 Å². The highest BCUT2D eigenvalue weighted by molar-refractivity contribution is 7.08. The minimum atomic E-state index is -0.287. The van der Waals surface area contributed by atoms with Crippen LogP contribution in [0.5, 0.6) is 0 Å². The van der Waals surface area contributed by atoms with Gasteiger partial charge in [0.15, 0.2) is 0 Å². The van der Waals surface area contributed by atoms with Gasteiger partial charge >= 0.3 is 5.97 Å². The Kier molecular flexibility index (Phi) is 3.73. The van der Waals surface area contributed by atoms with E-state index in [2.05, 4.69) is 6.58 Å². The van der Waals surface area contributed by atoms with Crippen LogP contribution in [0.2, 0.25) is 0 Å². The van der Waals surface area contributed by atoms with Crippen molar-refractivity contribution in [2.75, 3.05) is 0 Å². The van der Waals surface area contributed by atoms with Gasteiger partial charge < -0.3 is 4.74 Å². The quantitative estimate of drug-likeness (QED) is 0.766. The summed E-state index contributed by atoms with van der Waals surface area (Å²) < 4.78 is 5.23. The Morgan fingerprint density at radius 3 is 2.88 bits per heavy atom. The summed E-state index contributed by atoms with van der Waals surface area (Å²) in [4.78, 5) is 11.6. The number of hydrogen-bond acceptors (Lipinski definition) is 3. The molecule has 1 aromatic carbocycles. The van der Waals surface area contributed by atoms with Gasteiger partial charge in [-0.05, 0) is 22.6 Å². The molecule has 0 spiro atoms. The van der Waals surface area contributed by atoms with E-state index in [0.717, 1.165) is 11.1 Å². The van der Waals surface area contributed by atoms with Gasteiger partial charge in [0.2, 0.25) is 0 Å². The Morgan fingerprint density at radius 2 is 2.18 bits per heavy atom. The van der Waals surface area contributed by atoms with Gasteiger partial charge in [-0.1, -0.05) is 36.9 Å². The molecule has 0 atom stereocenters. The first-order chi connectivity index (χ1) is 8.31. The van der Waals surface area contributed by atoms with Crippen LogP contribution in [0.25, 0.3) is 6.08 Å². The lowest BCUT2D eigenvalue weighted by atomic mass is 10.1. The van der Waals surface area contributed by atoms with Crippen LogP contribution in [0.3, 0.4) is 0 Å². The molecule has 0 saturated carbocycles. The van der Waals surface area contributed by atoms with Crippen molar-refractivity contribution in [1.29, 1.82) is 0 Å². The fraction of sp³-hybridized carbons (Fsp3) is 0.0714. The first kappa shape index (κ1) is 11.6. The van der Waals surface area contributed by atoms with E-state index >= 15 is 0 Å². The molecule has 0 unspecified atom stereocenters. The lowest BCUT2D eigenvalue weighted by Gasteiger charge is -2.06. The number of carbonyl (C=O) groups is 1. The molecule has 1 aromatic heterocycles. The highest BCUT2D eigenvalue weighted by Crippen LogP contribution is 2.13. The molecule has 17 heavy (non-hydrogen) atoms. The molecule has 1 heterocycles. The molecule has 2 nitrogen and oxygen atoms in total. The van der Waals surface area contributed by atoms with E-state index in [4.69, 9.17) is 4.74 Å². The number of thiophene rings is 1. The second-order valence-corrected chi connectivity index (χ2v) is 4.27. The lowest BCUT2D eigenvalue weighted by molar-refractivity contribution is 0.0473. The van der Waals surface area contributed by atoms with Gasteiger partial charge in [0.25, 0.3) is 0 Å². The second kappa shape index (κ2) is 5.46. The number of rotatable bonds is 4. The average molecular weight is 244 g/mol. The van der Waals surface area contributed by atoms with Crippen LogP contribution >= 0.6 is 11.3 Å². The van der Waals surface area contributed by atoms with Gasteiger partial charge in [-0.25, -0.2) is 4.79 Å². The summed E-state index contributed by atoms with van der Waals surface area (Å²) in [6.45, 7) is 4.00. The van der Waals surface area contributed by atoms with Crippen molar-refractivity contribution in [3.05, 3.63) is 64.4 Å². The Labute approximate surface area is 104 Å². The van der Waals surface area contributed by atoms with Crippen LogP contribution < -0.4 is 0 Å². The highest BCUT2D eigenvalue weighted by Gasteiger charge is 2.08. The molecule has 0 aliphatic heterocycles. The topological polar surface area (TPSA) is 26.3 Å². The highest BCUT2D eigenvalue weighted by atomic mass is 32.1. The van der Waals surface area contributed by atoms with E-state index < -0.39 is 0 Å². The first-order valence-corrected chi connectivity index (χ1v) is 6.15. The standard InChI is InChI=1S/C14H12O2S/c1-2-11-5-3-4-6-12(11)9-16-14(15)13-7-8-17-10-13/h2-8,10H,1,9H2. The van der Waals surface area contributed by atoms with Gasteiger partial charge in [-0.3, -0.25) is 0 Å². The largest absolute Gasteiger partial charge is 0.457 e. The van der Waals surface area contributed by atoms with E-state index in [0.29, 0.717) is 5.56 Å². The van der Waals surface area contributed by atoms with Gasteiger partial charge in [0, 0.05) is 5.38 Å². The zero-order valence-electron chi connectivity index (χ0n) is 9.26. The number of esters is 1. The summed E-state index contributed by atoms with van der Waals surface area (Å²) >= 11 is 1.48. The van der Waals surface area contributed by atoms with Gasteiger partial charge in [0.05, 0.1) is 5.56 Å². The third-order valence-corrected chi connectivity index (χ3v) is 3.07. The maximum atomic E-state index is 11.6. The average Bonchev–Trinajstić information content (AvgIpc) is 2.90. The zero-order valence-corrected chi connectivity index (χ0v) is 10.1. The molecule has 0 saturated heterocycles. The van der Waals surface area contributed by atoms with Crippen molar-refractivity contribution in [1.82, 2.24) is 0 Å². The molecule has 0 aliphatic carbocycles. The SMILES string of the molecule is C=Cc1ccccc1COC(=O)c1ccsc1. The molecule has 0 bridgehead atoms. The minimum absolute atomic E-state index is 0.275. The summed E-state index contributed by atoms with van der Waals surface area (Å²) in [6.07, 6.45) is 1.76. The van der Waals surface area contributed by atoms with Crippen LogP contribution in [0.4, 0.5) is 0 Å². The van der Waals surface area contributed by atoms with Crippen LogP contribution in [0.1, 0.15) is 21.5 Å². The summed E-state index contributed by atoms with van der Waals surface area (Å²) in [5.74, 6) is -0.287. The van der Waals surface area contributed by atoms with E-state index in [9.17, 15) is 4.79 Å². The number of benzene rings is 1. The Balaban J connectivity index is 2.03. The zero-order chi connectivity index (χ0) is 12.1. The van der Waals surface area contributed by atoms with Crippen LogP contribution in [0.15, 0.2) is 47.7 Å². The monoisotopic (exact) mass is 244 g/mol. The summed E-state index contributed by atoms with van der Waals surface area (Å²) in [6, 6.07) is 9.48. The van der Waals surface area contributed by atoms with Crippen molar-refractivity contribution in [2.45, 2.75) is 6.61 Å². The number of hydrogen-bond donors (Lipinski definition) is 0. The van der Waals surface area contributed by atoms with Crippen molar-refractivity contribution >= 4 is 23.4 Å². The van der Waals surface area contributed by atoms with E-state index in [1.165, 1.54) is 11.3 Å². The van der Waals surface area contributed by atoms with Crippen molar-refractivity contribution < 1.29 is 9.53 Å². The van der Waals surface area contributed by atoms with Crippen molar-refractivity contribution in [2.24, 2.45) is 0 Å². The smallest absolute Gasteiger partial charge is 0.339 e. The molecule has 2 aromatic rings. The molecule has 0 aliphatic rings. The first-order valence-electron chi connectivity index (χ1n) is 5.21. The maximum absolute atomic E-state index is 11.6. The molecule has 0 amide bonds. The predicted molar refractivity (Wildman–Crippen MR) is 70.0 cm³/mol. The second-order valence-electron chi connectivity index (χ2n) is 3.49. The fourth-order valence-corrected chi connectivity index (χ4v) is 2.10. The summed E-state index contributed by atoms with van der Waals surface area (Å²) in [5.41, 5.74) is 2.56. The third-order valence-electron chi connectivity index (χ3n) is 2.39. The van der Waals surface area contributed by atoms with Crippen molar-refractivity contribution in [3.8, 4) is 0 Å². The molecular formula is C14H12O2S. The minimum Gasteiger partial charge on any atom is -0.457 e. The normalized spacial score (nSPS) is 9.88. The Morgan fingerprint density at radius 1 is 1.35 bits per heavy atom. The Hall–Kier alpha value is -1.87. The van der Waals surface area contributed by atoms with Gasteiger partial charge in [-0.2, -0.15) is 11.3 Å². The van der Waals surface area contributed by atoms with E-state index in [1.54, 1.807) is 17.5 Å². The third kappa shape index (κ3) is 2.82. The number of ether oxygens (including phenoxy) is 1. The fourth-order valence-electron chi connectivity index (χ4n) is 1.47. The van der Waals surface area contributed by atoms with E-state index in [1.807, 2.05) is 29.6 Å². The van der Waals surface area contributed by atoms with Crippen molar-refractivity contribution in [3.63, 3.8) is 0 Å². The lowest BCUT2D eigenvalue weighted by Crippen LogP contribution is -2.04. The molecular weight excluding hydrogens is 232 g/mol. The van der Waals surface area contributed by atoms with Crippen LogP contribution in [-0.2, 0) is 11.3 Å². The molecule has 2 rings (SSSR count). The summed E-state index contributed by atoms with van der Waals surface area (Å²) in [7, 11) is 0. The van der Waals surface area contributed by atoms with Crippen LogP contribution in [-0.4, -0.2) is 5.97 Å². The van der Waals surface area contributed by atoms with Gasteiger partial charge in [-0.15, -0.1) is 0 Å². The molecule has 3 heteroatoms. The molecule has 0 fully saturated rings. The van der Waals surface area contributed by atoms with Gasteiger partial charge in [0.1, 0.15) is 6.61 Å². The summed E-state index contributed by atoms with van der Waals surface area (Å²) in [5, 5.41) is 3.63. The maximum Gasteiger partial charge on any atom is 0.339 e. The molecule has 86 valence electrons. The van der Waals surface area contributed by atoms with E-state index in [-0.39, 0.29) is 12.6 Å². The molecule has 0 N–H and O–H groups in total.